The maximum Gasteiger partial charge on any atom is 0.0946 e. The van der Waals surface area contributed by atoms with Gasteiger partial charge >= 0.3 is 0 Å². The maximum atomic E-state index is 10.4. The van der Waals surface area contributed by atoms with Crippen molar-refractivity contribution < 1.29 is 20.4 Å². The molecule has 1 aliphatic carbocycles. The number of aliphatic hydroxyl groups is 4. The van der Waals surface area contributed by atoms with E-state index in [2.05, 4.69) is 0 Å². The van der Waals surface area contributed by atoms with Crippen LogP contribution in [0.25, 0.3) is 0 Å². The SMILES string of the molecule is C[C@@H](O)/C=C/[C@@H]1C(C)(C)[C@H](O)C[C@@H](O)[C@]1(C)O. The Labute approximate surface area is 103 Å². The molecule has 0 aliphatic heterocycles. The third-order valence-corrected chi connectivity index (χ3v) is 3.99. The third kappa shape index (κ3) is 2.71. The fourth-order valence-electron chi connectivity index (χ4n) is 2.64. The second kappa shape index (κ2) is 4.69. The Morgan fingerprint density at radius 3 is 2.18 bits per heavy atom. The predicted molar refractivity (Wildman–Crippen MR) is 65.3 cm³/mol. The van der Waals surface area contributed by atoms with E-state index in [1.807, 2.05) is 13.8 Å². The minimum Gasteiger partial charge on any atom is -0.392 e. The van der Waals surface area contributed by atoms with Crippen molar-refractivity contribution in [2.75, 3.05) is 0 Å². The lowest BCUT2D eigenvalue weighted by Crippen LogP contribution is -2.60. The van der Waals surface area contributed by atoms with Gasteiger partial charge in [-0.25, -0.2) is 0 Å². The molecule has 17 heavy (non-hydrogen) atoms. The summed E-state index contributed by atoms with van der Waals surface area (Å²) in [4.78, 5) is 0. The molecule has 0 spiro atoms. The van der Waals surface area contributed by atoms with E-state index in [0.29, 0.717) is 0 Å². The smallest absolute Gasteiger partial charge is 0.0946 e. The minimum atomic E-state index is -1.30. The molecule has 1 saturated carbocycles. The summed E-state index contributed by atoms with van der Waals surface area (Å²) in [5.74, 6) is -0.414. The van der Waals surface area contributed by atoms with Crippen LogP contribution in [0, 0.1) is 11.3 Å². The Hall–Kier alpha value is -0.420. The molecule has 1 fully saturated rings. The maximum absolute atomic E-state index is 10.4. The van der Waals surface area contributed by atoms with Gasteiger partial charge in [0.05, 0.1) is 23.9 Å². The topological polar surface area (TPSA) is 80.9 Å². The molecule has 0 aromatic carbocycles. The van der Waals surface area contributed by atoms with Crippen molar-refractivity contribution in [3.8, 4) is 0 Å². The van der Waals surface area contributed by atoms with Gasteiger partial charge in [0.2, 0.25) is 0 Å². The van der Waals surface area contributed by atoms with Gasteiger partial charge in [-0.2, -0.15) is 0 Å². The molecule has 4 nitrogen and oxygen atoms in total. The molecule has 4 N–H and O–H groups in total. The van der Waals surface area contributed by atoms with Crippen LogP contribution in [-0.2, 0) is 0 Å². The number of hydrogen-bond acceptors (Lipinski definition) is 4. The summed E-state index contributed by atoms with van der Waals surface area (Å²) >= 11 is 0. The quantitative estimate of drug-likeness (QED) is 0.531. The normalized spacial score (nSPS) is 43.9. The van der Waals surface area contributed by atoms with Gasteiger partial charge in [0.25, 0.3) is 0 Å². The van der Waals surface area contributed by atoms with Gasteiger partial charge in [0, 0.05) is 12.3 Å². The molecule has 1 aliphatic rings. The van der Waals surface area contributed by atoms with Gasteiger partial charge in [0.1, 0.15) is 0 Å². The van der Waals surface area contributed by atoms with E-state index in [-0.39, 0.29) is 6.42 Å². The third-order valence-electron chi connectivity index (χ3n) is 3.99. The van der Waals surface area contributed by atoms with Gasteiger partial charge in [-0.3, -0.25) is 0 Å². The van der Waals surface area contributed by atoms with E-state index in [0.717, 1.165) is 0 Å². The Morgan fingerprint density at radius 1 is 1.18 bits per heavy atom. The summed E-state index contributed by atoms with van der Waals surface area (Å²) in [6.45, 7) is 6.90. The highest BCUT2D eigenvalue weighted by molar-refractivity contribution is 5.12. The molecule has 0 aromatic heterocycles. The van der Waals surface area contributed by atoms with Crippen LogP contribution in [0.5, 0.6) is 0 Å². The molecule has 5 atom stereocenters. The van der Waals surface area contributed by atoms with E-state index in [1.54, 1.807) is 26.0 Å². The lowest BCUT2D eigenvalue weighted by atomic mass is 9.59. The minimum absolute atomic E-state index is 0.166. The van der Waals surface area contributed by atoms with Crippen molar-refractivity contribution in [1.29, 1.82) is 0 Å². The highest BCUT2D eigenvalue weighted by Crippen LogP contribution is 2.47. The van der Waals surface area contributed by atoms with Gasteiger partial charge in [-0.05, 0) is 19.3 Å². The number of aliphatic hydroxyl groups excluding tert-OH is 3. The zero-order valence-corrected chi connectivity index (χ0v) is 11.0. The largest absolute Gasteiger partial charge is 0.392 e. The first-order valence-electron chi connectivity index (χ1n) is 6.05. The molecule has 0 bridgehead atoms. The zero-order valence-electron chi connectivity index (χ0n) is 11.0. The molecule has 0 amide bonds. The zero-order chi connectivity index (χ0) is 13.4. The Kier molecular flexibility index (Phi) is 4.04. The summed E-state index contributed by atoms with van der Waals surface area (Å²) in [6, 6.07) is 0. The predicted octanol–water partition coefficient (Wildman–Crippen LogP) is 0.442. The second-order valence-corrected chi connectivity index (χ2v) is 5.92. The van der Waals surface area contributed by atoms with Crippen molar-refractivity contribution in [2.45, 2.75) is 58.0 Å². The highest BCUT2D eigenvalue weighted by Gasteiger charge is 2.53. The van der Waals surface area contributed by atoms with E-state index < -0.39 is 35.2 Å². The summed E-state index contributed by atoms with van der Waals surface area (Å²) in [5, 5.41) is 39.5. The molecule has 4 heteroatoms. The lowest BCUT2D eigenvalue weighted by Gasteiger charge is -2.51. The number of rotatable bonds is 2. The molecule has 100 valence electrons. The Morgan fingerprint density at radius 2 is 1.71 bits per heavy atom. The molecule has 0 saturated heterocycles. The molecular weight excluding hydrogens is 220 g/mol. The average Bonchev–Trinajstić information content (AvgIpc) is 2.14. The van der Waals surface area contributed by atoms with Crippen molar-refractivity contribution in [3.05, 3.63) is 12.2 Å². The van der Waals surface area contributed by atoms with Crippen molar-refractivity contribution in [1.82, 2.24) is 0 Å². The molecular formula is C13H24O4. The monoisotopic (exact) mass is 244 g/mol. The van der Waals surface area contributed by atoms with Gasteiger partial charge in [-0.1, -0.05) is 26.0 Å². The van der Waals surface area contributed by atoms with Crippen LogP contribution in [0.2, 0.25) is 0 Å². The van der Waals surface area contributed by atoms with Crippen LogP contribution in [0.3, 0.4) is 0 Å². The van der Waals surface area contributed by atoms with Gasteiger partial charge in [0.15, 0.2) is 0 Å². The fraction of sp³-hybridized carbons (Fsp3) is 0.846. The fourth-order valence-corrected chi connectivity index (χ4v) is 2.64. The van der Waals surface area contributed by atoms with Crippen LogP contribution in [0.4, 0.5) is 0 Å². The van der Waals surface area contributed by atoms with Crippen LogP contribution in [0.15, 0.2) is 12.2 Å². The van der Waals surface area contributed by atoms with Crippen molar-refractivity contribution in [3.63, 3.8) is 0 Å². The average molecular weight is 244 g/mol. The second-order valence-electron chi connectivity index (χ2n) is 5.92. The van der Waals surface area contributed by atoms with E-state index in [4.69, 9.17) is 0 Å². The molecule has 0 heterocycles. The first-order chi connectivity index (χ1) is 7.60. The highest BCUT2D eigenvalue weighted by atomic mass is 16.3. The van der Waals surface area contributed by atoms with Crippen LogP contribution in [0.1, 0.15) is 34.1 Å². The first kappa shape index (κ1) is 14.6. The Bertz CT molecular complexity index is 274. The summed E-state index contributed by atoms with van der Waals surface area (Å²) in [5.41, 5.74) is -1.84. The number of hydrogen-bond donors (Lipinski definition) is 4. The Balaban J connectivity index is 3.07. The van der Waals surface area contributed by atoms with Crippen LogP contribution < -0.4 is 0 Å². The van der Waals surface area contributed by atoms with Crippen LogP contribution >= 0.6 is 0 Å². The lowest BCUT2D eigenvalue weighted by molar-refractivity contribution is -0.187. The molecule has 0 aromatic rings. The molecule has 1 rings (SSSR count). The molecule has 0 unspecified atom stereocenters. The molecule has 0 radical (unpaired) electrons. The van der Waals surface area contributed by atoms with Crippen molar-refractivity contribution >= 4 is 0 Å². The first-order valence-corrected chi connectivity index (χ1v) is 6.05. The van der Waals surface area contributed by atoms with E-state index >= 15 is 0 Å². The summed E-state index contributed by atoms with van der Waals surface area (Å²) in [7, 11) is 0. The van der Waals surface area contributed by atoms with E-state index in [9.17, 15) is 20.4 Å². The standard InChI is InChI=1S/C13H24O4/c1-8(14)5-6-9-12(2,3)10(15)7-11(16)13(9,4)17/h5-6,8-11,14-17H,7H2,1-4H3/b6-5+/t8-,9-,10-,11-,13-/m1/s1. The summed E-state index contributed by atoms with van der Waals surface area (Å²) in [6.07, 6.45) is 1.18. The van der Waals surface area contributed by atoms with E-state index in [1.165, 1.54) is 0 Å². The summed E-state index contributed by atoms with van der Waals surface area (Å²) < 4.78 is 0. The van der Waals surface area contributed by atoms with Gasteiger partial charge in [-0.15, -0.1) is 0 Å². The van der Waals surface area contributed by atoms with Crippen molar-refractivity contribution in [2.24, 2.45) is 11.3 Å². The van der Waals surface area contributed by atoms with Crippen LogP contribution in [-0.4, -0.2) is 44.3 Å². The van der Waals surface area contributed by atoms with Gasteiger partial charge < -0.3 is 20.4 Å².